The molecule has 3 rings (SSSR count). The van der Waals surface area contributed by atoms with Gasteiger partial charge in [0.1, 0.15) is 6.07 Å². The maximum atomic E-state index is 12.2. The number of benzene rings is 1. The van der Waals surface area contributed by atoms with Crippen molar-refractivity contribution in [3.63, 3.8) is 0 Å². The molecular weight excluding hydrogens is 350 g/mol. The van der Waals surface area contributed by atoms with E-state index in [4.69, 9.17) is 10.5 Å². The molecule has 2 heterocycles. The van der Waals surface area contributed by atoms with Crippen molar-refractivity contribution in [2.45, 2.75) is 23.6 Å². The van der Waals surface area contributed by atoms with Crippen molar-refractivity contribution in [1.29, 1.82) is 5.26 Å². The fraction of sp³-hybridized carbons (Fsp3) is 0.167. The Kier molecular flexibility index (Phi) is 4.73. The van der Waals surface area contributed by atoms with E-state index in [0.717, 1.165) is 26.9 Å². The highest BCUT2D eigenvalue weighted by Gasteiger charge is 2.23. The Balaban J connectivity index is 2.18. The third-order valence-electron chi connectivity index (χ3n) is 3.94. The van der Waals surface area contributed by atoms with Crippen molar-refractivity contribution >= 4 is 23.4 Å². The third-order valence-corrected chi connectivity index (χ3v) is 5.31. The van der Waals surface area contributed by atoms with Gasteiger partial charge in [-0.15, -0.1) is 0 Å². The van der Waals surface area contributed by atoms with Crippen LogP contribution in [0.4, 0.5) is 5.69 Å². The van der Waals surface area contributed by atoms with Crippen LogP contribution >= 0.6 is 11.8 Å². The minimum atomic E-state index is -0.598. The van der Waals surface area contributed by atoms with Crippen LogP contribution in [0, 0.1) is 25.2 Å². The van der Waals surface area contributed by atoms with E-state index >= 15 is 0 Å². The number of carbonyl (C=O) groups excluding carboxylic acids is 1. The monoisotopic (exact) mass is 367 g/mol. The van der Waals surface area contributed by atoms with Crippen molar-refractivity contribution in [3.05, 3.63) is 53.1 Å². The van der Waals surface area contributed by atoms with E-state index in [-0.39, 0.29) is 16.9 Å². The molecule has 0 amide bonds. The van der Waals surface area contributed by atoms with Crippen LogP contribution in [0.2, 0.25) is 0 Å². The predicted molar refractivity (Wildman–Crippen MR) is 98.4 cm³/mol. The molecule has 0 unspecified atom stereocenters. The first-order chi connectivity index (χ1) is 12.5. The first-order valence-electron chi connectivity index (χ1n) is 7.76. The molecular formula is C18H17N5O2S. The van der Waals surface area contributed by atoms with E-state index < -0.39 is 5.97 Å². The number of esters is 1. The summed E-state index contributed by atoms with van der Waals surface area (Å²) in [4.78, 5) is 14.1. The number of nitrogens with two attached hydrogens (primary N) is 1. The molecule has 26 heavy (non-hydrogen) atoms. The molecule has 3 aromatic rings. The highest BCUT2D eigenvalue weighted by molar-refractivity contribution is 7.99. The number of nitriles is 1. The summed E-state index contributed by atoms with van der Waals surface area (Å²) in [6.45, 7) is 3.88. The van der Waals surface area contributed by atoms with Crippen LogP contribution in [0.25, 0.3) is 5.69 Å². The van der Waals surface area contributed by atoms with Crippen LogP contribution in [-0.4, -0.2) is 27.8 Å². The Labute approximate surface area is 154 Å². The maximum absolute atomic E-state index is 12.2. The Bertz CT molecular complexity index is 1010. The number of anilines is 1. The zero-order chi connectivity index (χ0) is 18.8. The highest BCUT2D eigenvalue weighted by atomic mass is 32.2. The topological polar surface area (TPSA) is 110 Å². The van der Waals surface area contributed by atoms with Gasteiger partial charge in [0.05, 0.1) is 34.6 Å². The minimum Gasteiger partial charge on any atom is -0.464 e. The first-order valence-corrected chi connectivity index (χ1v) is 8.57. The first kappa shape index (κ1) is 17.6. The van der Waals surface area contributed by atoms with Gasteiger partial charge < -0.3 is 15.0 Å². The zero-order valence-electron chi connectivity index (χ0n) is 14.5. The van der Waals surface area contributed by atoms with Crippen molar-refractivity contribution in [2.75, 3.05) is 12.8 Å². The number of aromatic nitrogens is 3. The van der Waals surface area contributed by atoms with E-state index in [1.54, 1.807) is 10.8 Å². The number of nitrogens with zero attached hydrogens (tertiary/aromatic N) is 3. The van der Waals surface area contributed by atoms with E-state index in [2.05, 4.69) is 10.2 Å². The Morgan fingerprint density at radius 1 is 1.38 bits per heavy atom. The van der Waals surface area contributed by atoms with E-state index in [0.29, 0.717) is 0 Å². The Hall–Kier alpha value is -3.18. The van der Waals surface area contributed by atoms with Crippen LogP contribution in [0.1, 0.15) is 27.4 Å². The molecule has 0 atom stereocenters. The average Bonchev–Trinajstić information content (AvgIpc) is 3.15. The quantitative estimate of drug-likeness (QED) is 0.685. The molecule has 0 aliphatic heterocycles. The summed E-state index contributed by atoms with van der Waals surface area (Å²) in [6.07, 6.45) is 1.55. The van der Waals surface area contributed by atoms with Crippen LogP contribution in [0.15, 0.2) is 40.3 Å². The number of hydrogen-bond acceptors (Lipinski definition) is 6. The van der Waals surface area contributed by atoms with Gasteiger partial charge in [-0.2, -0.15) is 10.4 Å². The highest BCUT2D eigenvalue weighted by Crippen LogP contribution is 2.37. The molecule has 0 aliphatic rings. The number of nitrogen functional groups attached to an aromatic ring is 1. The Morgan fingerprint density at radius 3 is 2.73 bits per heavy atom. The number of carbonyl (C=O) groups is 1. The van der Waals surface area contributed by atoms with E-state index in [1.165, 1.54) is 18.9 Å². The summed E-state index contributed by atoms with van der Waals surface area (Å²) >= 11 is 1.53. The summed E-state index contributed by atoms with van der Waals surface area (Å²) in [7, 11) is 1.28. The van der Waals surface area contributed by atoms with Gasteiger partial charge in [0, 0.05) is 16.8 Å². The van der Waals surface area contributed by atoms with Crippen molar-refractivity contribution in [1.82, 2.24) is 14.8 Å². The summed E-state index contributed by atoms with van der Waals surface area (Å²) in [6, 6.07) is 9.58. The van der Waals surface area contributed by atoms with Gasteiger partial charge in [-0.25, -0.2) is 4.79 Å². The largest absolute Gasteiger partial charge is 0.464 e. The minimum absolute atomic E-state index is 0.106. The molecule has 7 nitrogen and oxygen atoms in total. The normalized spacial score (nSPS) is 10.5. The summed E-state index contributed by atoms with van der Waals surface area (Å²) < 4.78 is 6.45. The molecule has 0 saturated heterocycles. The third kappa shape index (κ3) is 2.93. The van der Waals surface area contributed by atoms with E-state index in [1.807, 2.05) is 44.2 Å². The molecule has 0 bridgehead atoms. The zero-order valence-corrected chi connectivity index (χ0v) is 15.3. The van der Waals surface area contributed by atoms with Gasteiger partial charge >= 0.3 is 5.97 Å². The summed E-state index contributed by atoms with van der Waals surface area (Å²) in [5.41, 5.74) is 9.04. The SMILES string of the molecule is COC(=O)c1c(N)c(C#N)cn1-c1ccccc1Sc1c(C)n[nH]c1C. The lowest BCUT2D eigenvalue weighted by Gasteiger charge is -2.13. The number of ether oxygens (including phenoxy) is 1. The molecule has 2 aromatic heterocycles. The number of nitrogens with one attached hydrogen (secondary N) is 1. The fourth-order valence-electron chi connectivity index (χ4n) is 2.65. The van der Waals surface area contributed by atoms with Crippen molar-refractivity contribution in [3.8, 4) is 11.8 Å². The molecule has 1 aromatic carbocycles. The number of aryl methyl sites for hydroxylation is 2. The molecule has 8 heteroatoms. The van der Waals surface area contributed by atoms with Crippen LogP contribution in [0.3, 0.4) is 0 Å². The molecule has 0 radical (unpaired) electrons. The van der Waals surface area contributed by atoms with Gasteiger partial charge in [-0.05, 0) is 26.0 Å². The van der Waals surface area contributed by atoms with Crippen molar-refractivity contribution < 1.29 is 9.53 Å². The summed E-state index contributed by atoms with van der Waals surface area (Å²) in [5, 5.41) is 16.5. The molecule has 0 fully saturated rings. The second-order valence-electron chi connectivity index (χ2n) is 5.61. The second-order valence-corrected chi connectivity index (χ2v) is 6.66. The van der Waals surface area contributed by atoms with Crippen LogP contribution in [0.5, 0.6) is 0 Å². The number of hydrogen-bond donors (Lipinski definition) is 2. The lowest BCUT2D eigenvalue weighted by molar-refractivity contribution is 0.0593. The van der Waals surface area contributed by atoms with E-state index in [9.17, 15) is 10.1 Å². The number of H-pyrrole nitrogens is 1. The lowest BCUT2D eigenvalue weighted by Crippen LogP contribution is -2.11. The predicted octanol–water partition coefficient (Wildman–Crippen LogP) is 3.21. The number of rotatable bonds is 4. The number of aromatic amines is 1. The van der Waals surface area contributed by atoms with Gasteiger partial charge in [-0.1, -0.05) is 23.9 Å². The average molecular weight is 367 g/mol. The molecule has 0 aliphatic carbocycles. The van der Waals surface area contributed by atoms with Crippen LogP contribution in [-0.2, 0) is 4.74 Å². The summed E-state index contributed by atoms with van der Waals surface area (Å²) in [5.74, 6) is -0.598. The molecule has 132 valence electrons. The Morgan fingerprint density at radius 2 is 2.12 bits per heavy atom. The van der Waals surface area contributed by atoms with Crippen molar-refractivity contribution in [2.24, 2.45) is 0 Å². The molecule has 0 spiro atoms. The smallest absolute Gasteiger partial charge is 0.357 e. The van der Waals surface area contributed by atoms with Gasteiger partial charge in [0.15, 0.2) is 5.69 Å². The van der Waals surface area contributed by atoms with Gasteiger partial charge in [0.25, 0.3) is 0 Å². The number of methoxy groups -OCH3 is 1. The van der Waals surface area contributed by atoms with Gasteiger partial charge in [0.2, 0.25) is 0 Å². The standard InChI is InChI=1S/C18H17N5O2S/c1-10-17(11(2)22-21-10)26-14-7-5-4-6-13(14)23-9-12(8-19)15(20)16(23)18(24)25-3/h4-7,9H,20H2,1-3H3,(H,21,22). The lowest BCUT2D eigenvalue weighted by atomic mass is 10.2. The van der Waals surface area contributed by atoms with Crippen LogP contribution < -0.4 is 5.73 Å². The number of para-hydroxylation sites is 1. The second kappa shape index (κ2) is 6.98. The fourth-order valence-corrected chi connectivity index (χ4v) is 3.68. The maximum Gasteiger partial charge on any atom is 0.357 e. The van der Waals surface area contributed by atoms with Gasteiger partial charge in [-0.3, -0.25) is 5.10 Å². The molecule has 0 saturated carbocycles. The molecule has 3 N–H and O–H groups in total.